The van der Waals surface area contributed by atoms with Crippen LogP contribution in [0.15, 0.2) is 42.6 Å². The highest BCUT2D eigenvalue weighted by Crippen LogP contribution is 2.30. The number of pyridine rings is 1. The van der Waals surface area contributed by atoms with Crippen LogP contribution in [0.1, 0.15) is 26.7 Å². The summed E-state index contributed by atoms with van der Waals surface area (Å²) in [4.78, 5) is 16.1. The largest absolute Gasteiger partial charge is 0.489 e. The quantitative estimate of drug-likeness (QED) is 0.847. The molecule has 1 aliphatic rings. The number of nitrogens with one attached hydrogen (secondary N) is 2. The van der Waals surface area contributed by atoms with Gasteiger partial charge in [0.05, 0.1) is 23.7 Å². The summed E-state index contributed by atoms with van der Waals surface area (Å²) in [5, 5.41) is 6.12. The topological polar surface area (TPSA) is 63.2 Å². The van der Waals surface area contributed by atoms with Gasteiger partial charge in [-0.3, -0.25) is 4.79 Å². The highest BCUT2D eigenvalue weighted by atomic mass is 16.5. The van der Waals surface area contributed by atoms with E-state index in [-0.39, 0.29) is 17.9 Å². The predicted molar refractivity (Wildman–Crippen MR) is 91.1 cm³/mol. The summed E-state index contributed by atoms with van der Waals surface area (Å²) in [5.74, 6) is 1.76. The van der Waals surface area contributed by atoms with Crippen molar-refractivity contribution in [3.05, 3.63) is 42.6 Å². The van der Waals surface area contributed by atoms with E-state index < -0.39 is 0 Å². The van der Waals surface area contributed by atoms with Crippen LogP contribution >= 0.6 is 0 Å². The molecule has 1 amide bonds. The van der Waals surface area contributed by atoms with Gasteiger partial charge in [0.1, 0.15) is 11.6 Å². The normalized spacial score (nSPS) is 13.7. The summed E-state index contributed by atoms with van der Waals surface area (Å²) in [6, 6.07) is 11.4. The average molecular weight is 311 g/mol. The summed E-state index contributed by atoms with van der Waals surface area (Å²) >= 11 is 0. The molecule has 23 heavy (non-hydrogen) atoms. The molecule has 0 bridgehead atoms. The number of para-hydroxylation sites is 2. The van der Waals surface area contributed by atoms with Crippen LogP contribution < -0.4 is 15.4 Å². The van der Waals surface area contributed by atoms with Crippen molar-refractivity contribution in [3.8, 4) is 5.75 Å². The standard InChI is InChI=1S/C18H21N3O2/c1-12(2)23-16-6-4-3-5-15(16)21-17-10-9-14(11-19-17)20-18(22)13-7-8-13/h3-6,9-13H,7-8H2,1-2H3,(H,19,21)(H,20,22). The van der Waals surface area contributed by atoms with Crippen LogP contribution in [0.4, 0.5) is 17.2 Å². The molecule has 0 atom stereocenters. The molecule has 2 N–H and O–H groups in total. The first-order chi connectivity index (χ1) is 11.1. The van der Waals surface area contributed by atoms with Gasteiger partial charge in [-0.15, -0.1) is 0 Å². The van der Waals surface area contributed by atoms with Gasteiger partial charge in [0.25, 0.3) is 0 Å². The molecule has 0 radical (unpaired) electrons. The molecule has 0 spiro atoms. The lowest BCUT2D eigenvalue weighted by molar-refractivity contribution is -0.117. The molecule has 1 aromatic heterocycles. The maximum atomic E-state index is 11.7. The van der Waals surface area contributed by atoms with Gasteiger partial charge in [-0.05, 0) is 51.0 Å². The minimum Gasteiger partial charge on any atom is -0.489 e. The van der Waals surface area contributed by atoms with Crippen LogP contribution in [-0.4, -0.2) is 17.0 Å². The summed E-state index contributed by atoms with van der Waals surface area (Å²) in [7, 11) is 0. The van der Waals surface area contributed by atoms with E-state index in [0.717, 1.165) is 30.0 Å². The number of aromatic nitrogens is 1. The monoisotopic (exact) mass is 311 g/mol. The number of carbonyl (C=O) groups is 1. The Bertz CT molecular complexity index is 679. The zero-order chi connectivity index (χ0) is 16.2. The van der Waals surface area contributed by atoms with Gasteiger partial charge in [-0.25, -0.2) is 4.98 Å². The number of nitrogens with zero attached hydrogens (tertiary/aromatic N) is 1. The van der Waals surface area contributed by atoms with E-state index in [1.807, 2.05) is 50.2 Å². The minimum atomic E-state index is 0.0863. The van der Waals surface area contributed by atoms with Crippen molar-refractivity contribution in [2.75, 3.05) is 10.6 Å². The van der Waals surface area contributed by atoms with Crippen LogP contribution in [0.5, 0.6) is 5.75 Å². The Morgan fingerprint density at radius 3 is 2.65 bits per heavy atom. The van der Waals surface area contributed by atoms with Gasteiger partial charge in [-0.2, -0.15) is 0 Å². The Morgan fingerprint density at radius 2 is 2.00 bits per heavy atom. The third kappa shape index (κ3) is 4.22. The van der Waals surface area contributed by atoms with Gasteiger partial charge in [-0.1, -0.05) is 12.1 Å². The number of ether oxygens (including phenoxy) is 1. The van der Waals surface area contributed by atoms with E-state index >= 15 is 0 Å². The van der Waals surface area contributed by atoms with Crippen molar-refractivity contribution in [1.29, 1.82) is 0 Å². The lowest BCUT2D eigenvalue weighted by Crippen LogP contribution is -2.13. The number of hydrogen-bond acceptors (Lipinski definition) is 4. The van der Waals surface area contributed by atoms with Crippen molar-refractivity contribution in [2.24, 2.45) is 5.92 Å². The number of benzene rings is 1. The molecular weight excluding hydrogens is 290 g/mol. The molecule has 1 saturated carbocycles. The average Bonchev–Trinajstić information content (AvgIpc) is 3.35. The van der Waals surface area contributed by atoms with Gasteiger partial charge in [0, 0.05) is 5.92 Å². The molecule has 1 fully saturated rings. The zero-order valence-corrected chi connectivity index (χ0v) is 13.4. The van der Waals surface area contributed by atoms with Crippen LogP contribution in [0.3, 0.4) is 0 Å². The molecule has 0 saturated heterocycles. The number of hydrogen-bond donors (Lipinski definition) is 2. The number of carbonyl (C=O) groups excluding carboxylic acids is 1. The van der Waals surface area contributed by atoms with Crippen molar-refractivity contribution < 1.29 is 9.53 Å². The second-order valence-corrected chi connectivity index (χ2v) is 5.98. The molecular formula is C18H21N3O2. The van der Waals surface area contributed by atoms with Crippen molar-refractivity contribution in [2.45, 2.75) is 32.8 Å². The molecule has 3 rings (SSSR count). The highest BCUT2D eigenvalue weighted by molar-refractivity contribution is 5.93. The second-order valence-electron chi connectivity index (χ2n) is 5.98. The summed E-state index contributed by atoms with van der Waals surface area (Å²) in [5.41, 5.74) is 1.59. The fourth-order valence-corrected chi connectivity index (χ4v) is 2.20. The second kappa shape index (κ2) is 6.69. The summed E-state index contributed by atoms with van der Waals surface area (Å²) in [6.45, 7) is 3.98. The minimum absolute atomic E-state index is 0.0863. The number of rotatable bonds is 6. The van der Waals surface area contributed by atoms with Crippen LogP contribution in [0.25, 0.3) is 0 Å². The number of amides is 1. The maximum absolute atomic E-state index is 11.7. The Morgan fingerprint density at radius 1 is 1.22 bits per heavy atom. The summed E-state index contributed by atoms with van der Waals surface area (Å²) < 4.78 is 5.78. The van der Waals surface area contributed by atoms with Gasteiger partial charge < -0.3 is 15.4 Å². The number of anilines is 3. The maximum Gasteiger partial charge on any atom is 0.227 e. The fourth-order valence-electron chi connectivity index (χ4n) is 2.20. The highest BCUT2D eigenvalue weighted by Gasteiger charge is 2.29. The van der Waals surface area contributed by atoms with Crippen LogP contribution in [0, 0.1) is 5.92 Å². The third-order valence-corrected chi connectivity index (χ3v) is 3.49. The first kappa shape index (κ1) is 15.3. The SMILES string of the molecule is CC(C)Oc1ccccc1Nc1ccc(NC(=O)C2CC2)cn1. The molecule has 0 unspecified atom stereocenters. The van der Waals surface area contributed by atoms with E-state index in [9.17, 15) is 4.79 Å². The van der Waals surface area contributed by atoms with E-state index in [0.29, 0.717) is 5.82 Å². The Hall–Kier alpha value is -2.56. The molecule has 5 heteroatoms. The first-order valence-electron chi connectivity index (χ1n) is 7.91. The van der Waals surface area contributed by atoms with Gasteiger partial charge in [0.15, 0.2) is 0 Å². The van der Waals surface area contributed by atoms with Crippen molar-refractivity contribution in [3.63, 3.8) is 0 Å². The molecule has 1 aromatic carbocycles. The first-order valence-corrected chi connectivity index (χ1v) is 7.91. The lowest BCUT2D eigenvalue weighted by atomic mass is 10.2. The smallest absolute Gasteiger partial charge is 0.227 e. The summed E-state index contributed by atoms with van der Waals surface area (Å²) in [6.07, 6.45) is 3.75. The van der Waals surface area contributed by atoms with E-state index in [2.05, 4.69) is 15.6 Å². The third-order valence-electron chi connectivity index (χ3n) is 3.49. The van der Waals surface area contributed by atoms with E-state index in [1.54, 1.807) is 6.20 Å². The van der Waals surface area contributed by atoms with Crippen LogP contribution in [-0.2, 0) is 4.79 Å². The Balaban J connectivity index is 1.67. The molecule has 5 nitrogen and oxygen atoms in total. The molecule has 2 aromatic rings. The molecule has 1 aliphatic carbocycles. The van der Waals surface area contributed by atoms with Crippen molar-refractivity contribution in [1.82, 2.24) is 4.98 Å². The van der Waals surface area contributed by atoms with Crippen LogP contribution in [0.2, 0.25) is 0 Å². The predicted octanol–water partition coefficient (Wildman–Crippen LogP) is 3.96. The van der Waals surface area contributed by atoms with E-state index in [4.69, 9.17) is 4.74 Å². The Kier molecular flexibility index (Phi) is 4.46. The van der Waals surface area contributed by atoms with Gasteiger partial charge in [0.2, 0.25) is 5.91 Å². The Labute approximate surface area is 136 Å². The zero-order valence-electron chi connectivity index (χ0n) is 13.4. The molecule has 1 heterocycles. The van der Waals surface area contributed by atoms with Gasteiger partial charge >= 0.3 is 0 Å². The fraction of sp³-hybridized carbons (Fsp3) is 0.333. The van der Waals surface area contributed by atoms with Crippen molar-refractivity contribution >= 4 is 23.1 Å². The van der Waals surface area contributed by atoms with E-state index in [1.165, 1.54) is 0 Å². The lowest BCUT2D eigenvalue weighted by Gasteiger charge is -2.15. The molecule has 120 valence electrons. The molecule has 0 aliphatic heterocycles.